The lowest BCUT2D eigenvalue weighted by Gasteiger charge is -2.08. The number of amides is 1. The van der Waals surface area contributed by atoms with E-state index in [0.29, 0.717) is 22.2 Å². The van der Waals surface area contributed by atoms with Gasteiger partial charge in [-0.3, -0.25) is 4.79 Å². The van der Waals surface area contributed by atoms with Crippen LogP contribution in [0.3, 0.4) is 0 Å². The first-order valence-corrected chi connectivity index (χ1v) is 7.77. The number of hydrogen-bond acceptors (Lipinski definition) is 3. The number of rotatable bonds is 5. The third-order valence-electron chi connectivity index (χ3n) is 2.83. The van der Waals surface area contributed by atoms with Gasteiger partial charge in [0.2, 0.25) is 5.91 Å². The second kappa shape index (κ2) is 7.38. The molecule has 0 aromatic heterocycles. The van der Waals surface area contributed by atoms with Crippen LogP contribution in [0.25, 0.3) is 0 Å². The number of hydrogen-bond donors (Lipinski definition) is 1. The lowest BCUT2D eigenvalue weighted by molar-refractivity contribution is -0.113. The van der Waals surface area contributed by atoms with Gasteiger partial charge in [-0.25, -0.2) is 0 Å². The molecule has 0 fully saturated rings. The molecule has 2 aromatic rings. The van der Waals surface area contributed by atoms with Crippen molar-refractivity contribution in [2.24, 2.45) is 0 Å². The molecule has 0 aliphatic heterocycles. The zero-order valence-corrected chi connectivity index (χ0v) is 13.4. The second-order valence-corrected chi connectivity index (χ2v) is 5.96. The first-order valence-electron chi connectivity index (χ1n) is 6.41. The van der Waals surface area contributed by atoms with Crippen molar-refractivity contribution in [2.75, 3.05) is 18.2 Å². The summed E-state index contributed by atoms with van der Waals surface area (Å²) in [6, 6.07) is 13.3. The van der Waals surface area contributed by atoms with Gasteiger partial charge >= 0.3 is 0 Å². The summed E-state index contributed by atoms with van der Waals surface area (Å²) >= 11 is 7.52. The van der Waals surface area contributed by atoms with Crippen molar-refractivity contribution in [2.45, 2.75) is 11.8 Å². The molecular weight excluding hydrogens is 306 g/mol. The molecule has 2 aromatic carbocycles. The van der Waals surface area contributed by atoms with E-state index in [1.54, 1.807) is 25.3 Å². The van der Waals surface area contributed by atoms with Crippen molar-refractivity contribution in [3.05, 3.63) is 53.1 Å². The highest BCUT2D eigenvalue weighted by Gasteiger charge is 2.06. The normalized spacial score (nSPS) is 10.2. The minimum atomic E-state index is -0.0678. The Kier molecular flexibility index (Phi) is 5.53. The second-order valence-electron chi connectivity index (χ2n) is 4.50. The molecule has 21 heavy (non-hydrogen) atoms. The highest BCUT2D eigenvalue weighted by molar-refractivity contribution is 8.00. The highest BCUT2D eigenvalue weighted by Crippen LogP contribution is 2.27. The molecule has 0 spiro atoms. The molecule has 0 aliphatic carbocycles. The van der Waals surface area contributed by atoms with Crippen LogP contribution in [-0.2, 0) is 4.79 Å². The number of halogens is 1. The zero-order valence-electron chi connectivity index (χ0n) is 11.9. The maximum Gasteiger partial charge on any atom is 0.234 e. The van der Waals surface area contributed by atoms with E-state index in [2.05, 4.69) is 5.32 Å². The Morgan fingerprint density at radius 1 is 1.24 bits per heavy atom. The predicted molar refractivity (Wildman–Crippen MR) is 88.5 cm³/mol. The summed E-state index contributed by atoms with van der Waals surface area (Å²) in [5, 5.41) is 3.29. The Labute approximate surface area is 133 Å². The molecule has 0 unspecified atom stereocenters. The van der Waals surface area contributed by atoms with Crippen LogP contribution >= 0.6 is 23.4 Å². The number of ether oxygens (including phenoxy) is 1. The highest BCUT2D eigenvalue weighted by atomic mass is 35.5. The SMILES string of the molecule is COc1ccc(NC(=O)CSc2ccc(C)cc2)cc1Cl. The number of methoxy groups -OCH3 is 1. The first-order chi connectivity index (χ1) is 10.1. The Morgan fingerprint density at radius 2 is 1.95 bits per heavy atom. The van der Waals surface area contributed by atoms with Gasteiger partial charge in [0, 0.05) is 10.6 Å². The van der Waals surface area contributed by atoms with Gasteiger partial charge in [-0.2, -0.15) is 0 Å². The Hall–Kier alpha value is -1.65. The lowest BCUT2D eigenvalue weighted by atomic mass is 10.2. The van der Waals surface area contributed by atoms with E-state index in [1.165, 1.54) is 17.3 Å². The maximum absolute atomic E-state index is 11.9. The third kappa shape index (κ3) is 4.69. The van der Waals surface area contributed by atoms with Gasteiger partial charge in [-0.05, 0) is 37.3 Å². The summed E-state index contributed by atoms with van der Waals surface area (Å²) in [5.74, 6) is 0.873. The van der Waals surface area contributed by atoms with E-state index < -0.39 is 0 Å². The van der Waals surface area contributed by atoms with Crippen molar-refractivity contribution in [1.29, 1.82) is 0 Å². The van der Waals surface area contributed by atoms with E-state index in [1.807, 2.05) is 31.2 Å². The average Bonchev–Trinajstić information content (AvgIpc) is 2.47. The van der Waals surface area contributed by atoms with E-state index in [9.17, 15) is 4.79 Å². The Bertz CT molecular complexity index is 629. The summed E-state index contributed by atoms with van der Waals surface area (Å²) in [5.41, 5.74) is 1.87. The standard InChI is InChI=1S/C16H16ClNO2S/c1-11-3-6-13(7-4-11)21-10-16(19)18-12-5-8-15(20-2)14(17)9-12/h3-9H,10H2,1-2H3,(H,18,19). The van der Waals surface area contributed by atoms with E-state index in [0.717, 1.165) is 4.90 Å². The fraction of sp³-hybridized carbons (Fsp3) is 0.188. The van der Waals surface area contributed by atoms with Crippen LogP contribution in [-0.4, -0.2) is 18.8 Å². The van der Waals surface area contributed by atoms with Crippen LogP contribution in [0.5, 0.6) is 5.75 Å². The molecule has 0 heterocycles. The van der Waals surface area contributed by atoms with E-state index in [-0.39, 0.29) is 5.91 Å². The van der Waals surface area contributed by atoms with Gasteiger partial charge in [0.25, 0.3) is 0 Å². The van der Waals surface area contributed by atoms with Crippen LogP contribution < -0.4 is 10.1 Å². The van der Waals surface area contributed by atoms with Crippen LogP contribution in [0.1, 0.15) is 5.56 Å². The number of benzene rings is 2. The van der Waals surface area contributed by atoms with Gasteiger partial charge in [-0.1, -0.05) is 29.3 Å². The number of nitrogens with one attached hydrogen (secondary N) is 1. The average molecular weight is 322 g/mol. The molecule has 0 saturated carbocycles. The minimum Gasteiger partial charge on any atom is -0.495 e. The molecule has 5 heteroatoms. The zero-order chi connectivity index (χ0) is 15.2. The van der Waals surface area contributed by atoms with Crippen molar-refractivity contribution < 1.29 is 9.53 Å². The topological polar surface area (TPSA) is 38.3 Å². The number of carbonyl (C=O) groups is 1. The molecule has 1 N–H and O–H groups in total. The van der Waals surface area contributed by atoms with Crippen LogP contribution in [0, 0.1) is 6.92 Å². The Morgan fingerprint density at radius 3 is 2.57 bits per heavy atom. The number of carbonyl (C=O) groups excluding carboxylic acids is 1. The predicted octanol–water partition coefficient (Wildman–Crippen LogP) is 4.39. The van der Waals surface area contributed by atoms with Crippen molar-refractivity contribution in [1.82, 2.24) is 0 Å². The molecule has 0 aliphatic rings. The number of thioether (sulfide) groups is 1. The smallest absolute Gasteiger partial charge is 0.234 e. The Balaban J connectivity index is 1.89. The lowest BCUT2D eigenvalue weighted by Crippen LogP contribution is -2.13. The number of anilines is 1. The molecular formula is C16H16ClNO2S. The molecule has 0 saturated heterocycles. The van der Waals surface area contributed by atoms with Gasteiger partial charge in [0.05, 0.1) is 17.9 Å². The van der Waals surface area contributed by atoms with Crippen LogP contribution in [0.2, 0.25) is 5.02 Å². The monoisotopic (exact) mass is 321 g/mol. The molecule has 3 nitrogen and oxygen atoms in total. The maximum atomic E-state index is 11.9. The van der Waals surface area contributed by atoms with Gasteiger partial charge in [0.15, 0.2) is 0 Å². The minimum absolute atomic E-state index is 0.0678. The fourth-order valence-corrected chi connectivity index (χ4v) is 2.68. The third-order valence-corrected chi connectivity index (χ3v) is 4.13. The first kappa shape index (κ1) is 15.7. The number of aryl methyl sites for hydroxylation is 1. The van der Waals surface area contributed by atoms with Crippen molar-refractivity contribution >= 4 is 35.0 Å². The van der Waals surface area contributed by atoms with Gasteiger partial charge < -0.3 is 10.1 Å². The summed E-state index contributed by atoms with van der Waals surface area (Å²) in [6.45, 7) is 2.04. The van der Waals surface area contributed by atoms with Crippen LogP contribution in [0.4, 0.5) is 5.69 Å². The molecule has 1 amide bonds. The molecule has 0 bridgehead atoms. The van der Waals surface area contributed by atoms with E-state index in [4.69, 9.17) is 16.3 Å². The van der Waals surface area contributed by atoms with Gasteiger partial charge in [-0.15, -0.1) is 11.8 Å². The molecule has 0 radical (unpaired) electrons. The summed E-state index contributed by atoms with van der Waals surface area (Å²) in [4.78, 5) is 13.0. The van der Waals surface area contributed by atoms with Crippen LogP contribution in [0.15, 0.2) is 47.4 Å². The summed E-state index contributed by atoms with van der Waals surface area (Å²) in [6.07, 6.45) is 0. The quantitative estimate of drug-likeness (QED) is 0.830. The van der Waals surface area contributed by atoms with Gasteiger partial charge in [0.1, 0.15) is 5.75 Å². The van der Waals surface area contributed by atoms with Crippen molar-refractivity contribution in [3.63, 3.8) is 0 Å². The molecule has 2 rings (SSSR count). The molecule has 0 atom stereocenters. The largest absolute Gasteiger partial charge is 0.495 e. The summed E-state index contributed by atoms with van der Waals surface area (Å²) < 4.78 is 5.07. The van der Waals surface area contributed by atoms with Crippen molar-refractivity contribution in [3.8, 4) is 5.75 Å². The van der Waals surface area contributed by atoms with E-state index >= 15 is 0 Å². The fourth-order valence-electron chi connectivity index (χ4n) is 1.72. The molecule has 110 valence electrons. The summed E-state index contributed by atoms with van der Waals surface area (Å²) in [7, 11) is 1.55.